The summed E-state index contributed by atoms with van der Waals surface area (Å²) >= 11 is 0. The van der Waals surface area contributed by atoms with Crippen molar-refractivity contribution in [2.45, 2.75) is 83.8 Å². The molecule has 2 amide bonds. The molecular formula is C37H43F2N7O9. The van der Waals surface area contributed by atoms with Gasteiger partial charge in [0.2, 0.25) is 12.1 Å². The number of carbonyl (C=O) groups is 3. The Labute approximate surface area is 313 Å². The number of aliphatic hydroxyl groups is 2. The van der Waals surface area contributed by atoms with Gasteiger partial charge in [-0.05, 0) is 67.1 Å². The van der Waals surface area contributed by atoms with Gasteiger partial charge in [-0.3, -0.25) is 23.5 Å². The molecule has 4 aromatic rings. The van der Waals surface area contributed by atoms with Crippen molar-refractivity contribution in [3.05, 3.63) is 81.8 Å². The van der Waals surface area contributed by atoms with Gasteiger partial charge in [0.05, 0.1) is 30.3 Å². The number of aliphatic hydroxyl groups excluding tert-OH is 2. The van der Waals surface area contributed by atoms with Crippen LogP contribution in [0.15, 0.2) is 53.5 Å². The number of hydrogen-bond donors (Lipinski definition) is 6. The molecule has 2 aromatic heterocycles. The second kappa shape index (κ2) is 16.4. The highest BCUT2D eigenvalue weighted by molar-refractivity contribution is 5.98. The van der Waals surface area contributed by atoms with Gasteiger partial charge in [0.1, 0.15) is 17.6 Å². The minimum atomic E-state index is -3.90. The number of aromatic hydroxyl groups is 2. The Morgan fingerprint density at radius 1 is 1.00 bits per heavy atom. The second-order valence-corrected chi connectivity index (χ2v) is 13.9. The standard InChI is InChI=1S/C37H43F2N7O9/c1-6-40-34(53)32-44-43-31(24-15-23(19(4)5)26(48)16-27(24)49)46(32)22-9-7-20(8-10-22)33(52)42-25(13-18(2)3)28(50)14-21-11-12-45(36(54)41-21)35-37(38,39)30(51)29(17-47)55-35/h7-12,15-16,18-19,25,29-30,35,47-49,51H,6,13-14,17H2,1-5H3,(H,40,53)(H,42,52)/t25-,29+,30+,35+/m0/s1. The monoisotopic (exact) mass is 767 g/mol. The van der Waals surface area contributed by atoms with E-state index in [1.807, 2.05) is 27.7 Å². The van der Waals surface area contributed by atoms with E-state index < -0.39 is 66.7 Å². The van der Waals surface area contributed by atoms with Crippen molar-refractivity contribution >= 4 is 17.6 Å². The zero-order valence-corrected chi connectivity index (χ0v) is 30.7. The fraction of sp³-hybridized carbons (Fsp3) is 0.432. The molecule has 4 atom stereocenters. The Morgan fingerprint density at radius 3 is 2.27 bits per heavy atom. The summed E-state index contributed by atoms with van der Waals surface area (Å²) in [5.74, 6) is -6.17. The lowest BCUT2D eigenvalue weighted by atomic mass is 9.97. The molecule has 0 aliphatic carbocycles. The van der Waals surface area contributed by atoms with Gasteiger partial charge in [-0.1, -0.05) is 27.7 Å². The first-order chi connectivity index (χ1) is 26.0. The van der Waals surface area contributed by atoms with E-state index in [1.165, 1.54) is 41.0 Å². The van der Waals surface area contributed by atoms with Crippen molar-refractivity contribution in [2.24, 2.45) is 5.92 Å². The van der Waals surface area contributed by atoms with Crippen LogP contribution in [0.25, 0.3) is 17.1 Å². The van der Waals surface area contributed by atoms with Crippen LogP contribution in [0.5, 0.6) is 11.5 Å². The number of ether oxygens (including phenoxy) is 1. The molecule has 0 bridgehead atoms. The third kappa shape index (κ3) is 8.40. The van der Waals surface area contributed by atoms with Gasteiger partial charge in [0.25, 0.3) is 11.8 Å². The number of phenols is 2. The smallest absolute Gasteiger partial charge is 0.350 e. The van der Waals surface area contributed by atoms with Crippen molar-refractivity contribution in [3.63, 3.8) is 0 Å². The van der Waals surface area contributed by atoms with Crippen LogP contribution in [-0.2, 0) is 16.0 Å². The van der Waals surface area contributed by atoms with Gasteiger partial charge in [0, 0.05) is 30.1 Å². The summed E-state index contributed by atoms with van der Waals surface area (Å²) in [5, 5.41) is 53.9. The summed E-state index contributed by atoms with van der Waals surface area (Å²) in [7, 11) is 0. The highest BCUT2D eigenvalue weighted by Crippen LogP contribution is 2.42. The first-order valence-corrected chi connectivity index (χ1v) is 17.6. The Morgan fingerprint density at radius 2 is 1.69 bits per heavy atom. The normalized spacial score (nSPS) is 18.4. The Bertz CT molecular complexity index is 2120. The lowest BCUT2D eigenvalue weighted by Crippen LogP contribution is -2.43. The molecule has 5 rings (SSSR count). The molecule has 1 fully saturated rings. The molecule has 0 unspecified atom stereocenters. The lowest BCUT2D eigenvalue weighted by Gasteiger charge is -2.21. The van der Waals surface area contributed by atoms with E-state index >= 15 is 0 Å². The van der Waals surface area contributed by atoms with Crippen molar-refractivity contribution < 1.29 is 48.3 Å². The van der Waals surface area contributed by atoms with Crippen LogP contribution in [0.1, 0.15) is 85.4 Å². The average molecular weight is 768 g/mol. The molecule has 0 spiro atoms. The number of aromatic nitrogens is 5. The number of phenolic OH excluding ortho intramolecular Hbond substituents is 2. The Hall–Kier alpha value is -5.59. The van der Waals surface area contributed by atoms with Gasteiger partial charge in [0.15, 0.2) is 17.7 Å². The first-order valence-electron chi connectivity index (χ1n) is 17.6. The van der Waals surface area contributed by atoms with E-state index in [9.17, 15) is 48.4 Å². The number of carbonyl (C=O) groups excluding carboxylic acids is 3. The number of nitrogens with one attached hydrogen (secondary N) is 2. The van der Waals surface area contributed by atoms with Crippen LogP contribution >= 0.6 is 0 Å². The van der Waals surface area contributed by atoms with E-state index in [0.29, 0.717) is 22.4 Å². The van der Waals surface area contributed by atoms with Crippen LogP contribution in [0, 0.1) is 5.92 Å². The van der Waals surface area contributed by atoms with Crippen LogP contribution in [0.3, 0.4) is 0 Å². The molecule has 1 aliphatic heterocycles. The summed E-state index contributed by atoms with van der Waals surface area (Å²) in [6.07, 6.45) is -5.43. The van der Waals surface area contributed by atoms with E-state index in [0.717, 1.165) is 6.20 Å². The number of nitrogens with zero attached hydrogens (tertiary/aromatic N) is 5. The zero-order valence-electron chi connectivity index (χ0n) is 30.7. The summed E-state index contributed by atoms with van der Waals surface area (Å²) in [5.41, 5.74) is 0.0161. The molecular weight excluding hydrogens is 724 g/mol. The quantitative estimate of drug-likeness (QED) is 0.109. The van der Waals surface area contributed by atoms with E-state index in [1.54, 1.807) is 13.0 Å². The first kappa shape index (κ1) is 40.6. The van der Waals surface area contributed by atoms with E-state index in [-0.39, 0.29) is 58.2 Å². The maximum atomic E-state index is 14.6. The molecule has 55 heavy (non-hydrogen) atoms. The Kier molecular flexibility index (Phi) is 12.1. The largest absolute Gasteiger partial charge is 0.508 e. The van der Waals surface area contributed by atoms with Gasteiger partial charge >= 0.3 is 11.6 Å². The van der Waals surface area contributed by atoms with Crippen LogP contribution in [-0.4, -0.2) is 99.7 Å². The number of ketones is 1. The van der Waals surface area contributed by atoms with E-state index in [2.05, 4.69) is 25.8 Å². The van der Waals surface area contributed by atoms with Crippen molar-refractivity contribution in [1.29, 1.82) is 0 Å². The lowest BCUT2D eigenvalue weighted by molar-refractivity contribution is -0.141. The molecule has 0 radical (unpaired) electrons. The summed E-state index contributed by atoms with van der Waals surface area (Å²) < 4.78 is 36.1. The highest BCUT2D eigenvalue weighted by atomic mass is 19.3. The molecule has 6 N–H and O–H groups in total. The van der Waals surface area contributed by atoms with Crippen LogP contribution < -0.4 is 16.3 Å². The van der Waals surface area contributed by atoms with E-state index in [4.69, 9.17) is 4.74 Å². The summed E-state index contributed by atoms with van der Waals surface area (Å²) in [6.45, 7) is 8.53. The highest BCUT2D eigenvalue weighted by Gasteiger charge is 2.59. The van der Waals surface area contributed by atoms with Crippen molar-refractivity contribution in [1.82, 2.24) is 34.9 Å². The minimum absolute atomic E-state index is 0.0491. The van der Waals surface area contributed by atoms with Gasteiger partial charge in [-0.2, -0.15) is 13.8 Å². The Balaban J connectivity index is 1.38. The average Bonchev–Trinajstić information content (AvgIpc) is 3.66. The third-order valence-corrected chi connectivity index (χ3v) is 9.06. The van der Waals surface area contributed by atoms with Gasteiger partial charge in [-0.15, -0.1) is 10.2 Å². The minimum Gasteiger partial charge on any atom is -0.508 e. The topological polar surface area (TPSA) is 231 Å². The molecule has 1 aliphatic rings. The fourth-order valence-corrected chi connectivity index (χ4v) is 6.22. The second-order valence-electron chi connectivity index (χ2n) is 13.9. The maximum Gasteiger partial charge on any atom is 0.350 e. The number of rotatable bonds is 14. The van der Waals surface area contributed by atoms with Crippen molar-refractivity contribution in [3.8, 4) is 28.6 Å². The fourth-order valence-electron chi connectivity index (χ4n) is 6.22. The number of alkyl halides is 2. The number of amides is 2. The predicted octanol–water partition coefficient (Wildman–Crippen LogP) is 2.62. The molecule has 294 valence electrons. The molecule has 3 heterocycles. The molecule has 0 saturated carbocycles. The number of halogens is 2. The number of benzene rings is 2. The predicted molar refractivity (Wildman–Crippen MR) is 192 cm³/mol. The molecule has 18 heteroatoms. The zero-order chi connectivity index (χ0) is 40.4. The van der Waals surface area contributed by atoms with Crippen LogP contribution in [0.2, 0.25) is 0 Å². The summed E-state index contributed by atoms with van der Waals surface area (Å²) in [4.78, 5) is 56.5. The number of hydrogen-bond acceptors (Lipinski definition) is 12. The molecule has 16 nitrogen and oxygen atoms in total. The van der Waals surface area contributed by atoms with Gasteiger partial charge in [-0.25, -0.2) is 4.79 Å². The summed E-state index contributed by atoms with van der Waals surface area (Å²) in [6, 6.07) is 8.89. The SMILES string of the molecule is CCNC(=O)c1nnc(-c2cc(C(C)C)c(O)cc2O)n1-c1ccc(C(=O)N[C@@H](CC(C)C)C(=O)Cc2ccn([C@@H]3O[C@H](CO)[C@@H](O)C3(F)F)c(=O)n2)cc1. The molecule has 1 saturated heterocycles. The maximum absolute atomic E-state index is 14.6. The van der Waals surface area contributed by atoms with Gasteiger partial charge < -0.3 is 35.8 Å². The molecule has 2 aromatic carbocycles. The van der Waals surface area contributed by atoms with Crippen molar-refractivity contribution in [2.75, 3.05) is 13.2 Å². The number of Topliss-reactive ketones (excluding diaryl/α,β-unsaturated/α-hetero) is 1. The van der Waals surface area contributed by atoms with Crippen LogP contribution in [0.4, 0.5) is 8.78 Å². The third-order valence-electron chi connectivity index (χ3n) is 9.06.